The molecular formula is C15H21Cl2N3O. The van der Waals surface area contributed by atoms with Gasteiger partial charge in [0.25, 0.3) is 0 Å². The Hall–Kier alpha value is -0.810. The molecule has 2 unspecified atom stereocenters. The average molecular weight is 330 g/mol. The Balaban J connectivity index is 1.88. The van der Waals surface area contributed by atoms with Gasteiger partial charge in [-0.2, -0.15) is 0 Å². The van der Waals surface area contributed by atoms with Gasteiger partial charge >= 0.3 is 0 Å². The van der Waals surface area contributed by atoms with Crippen LogP contribution in [0.1, 0.15) is 13.3 Å². The molecule has 6 heteroatoms. The summed E-state index contributed by atoms with van der Waals surface area (Å²) in [7, 11) is 0. The fourth-order valence-corrected chi connectivity index (χ4v) is 2.95. The first-order valence-corrected chi connectivity index (χ1v) is 7.92. The summed E-state index contributed by atoms with van der Waals surface area (Å²) in [5.41, 5.74) is 6.45. The summed E-state index contributed by atoms with van der Waals surface area (Å²) in [6.07, 6.45) is 1.09. The molecule has 3 N–H and O–H groups in total. The van der Waals surface area contributed by atoms with E-state index in [0.717, 1.165) is 19.5 Å². The number of hydrogen-bond donors (Lipinski definition) is 2. The van der Waals surface area contributed by atoms with Crippen LogP contribution in [0.3, 0.4) is 0 Å². The van der Waals surface area contributed by atoms with Gasteiger partial charge in [-0.25, -0.2) is 0 Å². The number of nitrogens with two attached hydrogens (primary N) is 1. The van der Waals surface area contributed by atoms with Crippen molar-refractivity contribution in [3.63, 3.8) is 0 Å². The summed E-state index contributed by atoms with van der Waals surface area (Å²) in [6, 6.07) is 5.07. The van der Waals surface area contributed by atoms with Crippen LogP contribution in [0.15, 0.2) is 18.2 Å². The SMILES string of the molecule is CC1CCN(CC(=O)Nc2ccc(Cl)c(Cl)c2)CC1CN. The van der Waals surface area contributed by atoms with Gasteiger partial charge < -0.3 is 11.1 Å². The van der Waals surface area contributed by atoms with Crippen molar-refractivity contribution in [2.75, 3.05) is 31.5 Å². The van der Waals surface area contributed by atoms with E-state index in [9.17, 15) is 4.79 Å². The fraction of sp³-hybridized carbons (Fsp3) is 0.533. The highest BCUT2D eigenvalue weighted by molar-refractivity contribution is 6.42. The van der Waals surface area contributed by atoms with Gasteiger partial charge in [-0.1, -0.05) is 30.1 Å². The summed E-state index contributed by atoms with van der Waals surface area (Å²) in [5, 5.41) is 3.76. The van der Waals surface area contributed by atoms with E-state index in [1.54, 1.807) is 18.2 Å². The van der Waals surface area contributed by atoms with Crippen LogP contribution in [0.5, 0.6) is 0 Å². The van der Waals surface area contributed by atoms with E-state index >= 15 is 0 Å². The number of nitrogens with zero attached hydrogens (tertiary/aromatic N) is 1. The van der Waals surface area contributed by atoms with Crippen molar-refractivity contribution in [2.45, 2.75) is 13.3 Å². The number of rotatable bonds is 4. The fourth-order valence-electron chi connectivity index (χ4n) is 2.65. The first kappa shape index (κ1) is 16.6. The van der Waals surface area contributed by atoms with Crippen molar-refractivity contribution in [2.24, 2.45) is 17.6 Å². The standard InChI is InChI=1S/C15H21Cl2N3O/c1-10-4-5-20(8-11(10)7-18)9-15(21)19-12-2-3-13(16)14(17)6-12/h2-3,6,10-11H,4-5,7-9,18H2,1H3,(H,19,21). The molecule has 1 heterocycles. The molecular weight excluding hydrogens is 309 g/mol. The molecule has 1 aliphatic rings. The molecule has 2 rings (SSSR count). The zero-order chi connectivity index (χ0) is 15.4. The molecule has 4 nitrogen and oxygen atoms in total. The van der Waals surface area contributed by atoms with Crippen molar-refractivity contribution < 1.29 is 4.79 Å². The van der Waals surface area contributed by atoms with Crippen molar-refractivity contribution >= 4 is 34.8 Å². The molecule has 1 aromatic carbocycles. The van der Waals surface area contributed by atoms with Gasteiger partial charge in [-0.15, -0.1) is 0 Å². The van der Waals surface area contributed by atoms with Crippen LogP contribution < -0.4 is 11.1 Å². The monoisotopic (exact) mass is 329 g/mol. The number of hydrogen-bond acceptors (Lipinski definition) is 3. The molecule has 21 heavy (non-hydrogen) atoms. The second kappa shape index (κ2) is 7.45. The lowest BCUT2D eigenvalue weighted by Gasteiger charge is -2.36. The second-order valence-corrected chi connectivity index (χ2v) is 6.49. The van der Waals surface area contributed by atoms with Crippen molar-refractivity contribution in [3.8, 4) is 0 Å². The van der Waals surface area contributed by atoms with Crippen LogP contribution >= 0.6 is 23.2 Å². The van der Waals surface area contributed by atoms with Crippen LogP contribution in [0, 0.1) is 11.8 Å². The predicted molar refractivity (Wildman–Crippen MR) is 87.9 cm³/mol. The average Bonchev–Trinajstić information content (AvgIpc) is 2.45. The van der Waals surface area contributed by atoms with Gasteiger partial charge in [0.15, 0.2) is 0 Å². The first-order chi connectivity index (χ1) is 9.99. The number of amides is 1. The van der Waals surface area contributed by atoms with Crippen LogP contribution in [0.25, 0.3) is 0 Å². The Kier molecular flexibility index (Phi) is 5.88. The number of likely N-dealkylation sites (tertiary alicyclic amines) is 1. The zero-order valence-electron chi connectivity index (χ0n) is 12.1. The molecule has 0 spiro atoms. The third-order valence-corrected chi connectivity index (χ3v) is 4.81. The molecule has 0 bridgehead atoms. The lowest BCUT2D eigenvalue weighted by atomic mass is 9.87. The normalized spacial score (nSPS) is 23.0. The highest BCUT2D eigenvalue weighted by atomic mass is 35.5. The number of piperidine rings is 1. The summed E-state index contributed by atoms with van der Waals surface area (Å²) in [5.74, 6) is 1.06. The molecule has 0 aliphatic carbocycles. The Morgan fingerprint density at radius 2 is 2.19 bits per heavy atom. The maximum atomic E-state index is 12.1. The third kappa shape index (κ3) is 4.58. The number of nitrogens with one attached hydrogen (secondary N) is 1. The van der Waals surface area contributed by atoms with Gasteiger partial charge in [0.05, 0.1) is 16.6 Å². The lowest BCUT2D eigenvalue weighted by Crippen LogP contribution is -2.45. The van der Waals surface area contributed by atoms with Crippen LogP contribution in [-0.4, -0.2) is 37.0 Å². The topological polar surface area (TPSA) is 58.4 Å². The number of carbonyl (C=O) groups excluding carboxylic acids is 1. The van der Waals surface area contributed by atoms with Crippen LogP contribution in [-0.2, 0) is 4.79 Å². The number of halogens is 2. The molecule has 116 valence electrons. The van der Waals surface area contributed by atoms with Gasteiger partial charge in [-0.3, -0.25) is 9.69 Å². The highest BCUT2D eigenvalue weighted by Gasteiger charge is 2.26. The molecule has 1 aromatic rings. The molecule has 0 saturated carbocycles. The molecule has 1 saturated heterocycles. The Morgan fingerprint density at radius 3 is 2.86 bits per heavy atom. The minimum absolute atomic E-state index is 0.0429. The predicted octanol–water partition coefficient (Wildman–Crippen LogP) is 2.85. The summed E-state index contributed by atoms with van der Waals surface area (Å²) in [4.78, 5) is 14.3. The minimum atomic E-state index is -0.0429. The first-order valence-electron chi connectivity index (χ1n) is 7.17. The molecule has 1 aliphatic heterocycles. The largest absolute Gasteiger partial charge is 0.330 e. The molecule has 0 radical (unpaired) electrons. The Labute approximate surface area is 135 Å². The van der Waals surface area contributed by atoms with Crippen LogP contribution in [0.4, 0.5) is 5.69 Å². The summed E-state index contributed by atoms with van der Waals surface area (Å²) >= 11 is 11.8. The van der Waals surface area contributed by atoms with Gasteiger partial charge in [0, 0.05) is 12.2 Å². The number of carbonyl (C=O) groups is 1. The smallest absolute Gasteiger partial charge is 0.238 e. The van der Waals surface area contributed by atoms with E-state index in [0.29, 0.717) is 40.7 Å². The quantitative estimate of drug-likeness (QED) is 0.892. The van der Waals surface area contributed by atoms with Crippen molar-refractivity contribution in [3.05, 3.63) is 28.2 Å². The second-order valence-electron chi connectivity index (χ2n) is 5.67. The zero-order valence-corrected chi connectivity index (χ0v) is 13.6. The van der Waals surface area contributed by atoms with Crippen molar-refractivity contribution in [1.82, 2.24) is 4.90 Å². The van der Waals surface area contributed by atoms with E-state index in [1.807, 2.05) is 0 Å². The minimum Gasteiger partial charge on any atom is -0.330 e. The highest BCUT2D eigenvalue weighted by Crippen LogP contribution is 2.25. The van der Waals surface area contributed by atoms with E-state index in [2.05, 4.69) is 17.1 Å². The summed E-state index contributed by atoms with van der Waals surface area (Å²) < 4.78 is 0. The van der Waals surface area contributed by atoms with Crippen molar-refractivity contribution in [1.29, 1.82) is 0 Å². The Morgan fingerprint density at radius 1 is 1.43 bits per heavy atom. The van der Waals surface area contributed by atoms with Gasteiger partial charge in [0.2, 0.25) is 5.91 Å². The number of anilines is 1. The Bertz CT molecular complexity index is 510. The number of benzene rings is 1. The lowest BCUT2D eigenvalue weighted by molar-refractivity contribution is -0.117. The molecule has 2 atom stereocenters. The maximum Gasteiger partial charge on any atom is 0.238 e. The van der Waals surface area contributed by atoms with E-state index in [4.69, 9.17) is 28.9 Å². The summed E-state index contributed by atoms with van der Waals surface area (Å²) in [6.45, 7) is 5.10. The molecule has 0 aromatic heterocycles. The van der Waals surface area contributed by atoms with Crippen LogP contribution in [0.2, 0.25) is 10.0 Å². The van der Waals surface area contributed by atoms with E-state index in [-0.39, 0.29) is 5.91 Å². The molecule has 1 fully saturated rings. The maximum absolute atomic E-state index is 12.1. The van der Waals surface area contributed by atoms with Gasteiger partial charge in [0.1, 0.15) is 0 Å². The van der Waals surface area contributed by atoms with E-state index < -0.39 is 0 Å². The molecule has 1 amide bonds. The van der Waals surface area contributed by atoms with E-state index in [1.165, 1.54) is 0 Å². The van der Waals surface area contributed by atoms with Gasteiger partial charge in [-0.05, 0) is 49.5 Å². The third-order valence-electron chi connectivity index (χ3n) is 4.07.